The summed E-state index contributed by atoms with van der Waals surface area (Å²) in [5.41, 5.74) is -0.504. The zero-order valence-electron chi connectivity index (χ0n) is 7.83. The fourth-order valence-electron chi connectivity index (χ4n) is 1.00. The summed E-state index contributed by atoms with van der Waals surface area (Å²) in [5, 5.41) is 0. The quantitative estimate of drug-likeness (QED) is 0.616. The van der Waals surface area contributed by atoms with Crippen LogP contribution in [0, 0.1) is 5.82 Å². The first-order valence-corrected chi connectivity index (χ1v) is 6.89. The van der Waals surface area contributed by atoms with Gasteiger partial charge in [0.25, 0.3) is 9.05 Å². The third-order valence-electron chi connectivity index (χ3n) is 1.67. The number of carbonyl (C=O) groups is 1. The Morgan fingerprint density at radius 1 is 1.50 bits per heavy atom. The van der Waals surface area contributed by atoms with Crippen molar-refractivity contribution in [1.29, 1.82) is 0 Å². The number of halogens is 3. The summed E-state index contributed by atoms with van der Waals surface area (Å²) in [6, 6.07) is 2.07. The van der Waals surface area contributed by atoms with Gasteiger partial charge in [-0.25, -0.2) is 17.6 Å². The second-order valence-corrected chi connectivity index (χ2v) is 6.14. The molecule has 0 saturated carbocycles. The standard InChI is InChI=1S/C8H5BrClFO4S/c1-15-8(12)5-2-4(9)3-6(7(5)11)16(10,13)14/h2-3H,1H3. The van der Waals surface area contributed by atoms with Gasteiger partial charge in [-0.3, -0.25) is 0 Å². The van der Waals surface area contributed by atoms with Gasteiger partial charge in [0.1, 0.15) is 4.90 Å². The molecule has 0 aliphatic rings. The van der Waals surface area contributed by atoms with Crippen LogP contribution in [0.3, 0.4) is 0 Å². The summed E-state index contributed by atoms with van der Waals surface area (Å²) < 4.78 is 40.1. The van der Waals surface area contributed by atoms with Crippen molar-refractivity contribution in [2.24, 2.45) is 0 Å². The minimum absolute atomic E-state index is 0.202. The summed E-state index contributed by atoms with van der Waals surface area (Å²) >= 11 is 2.94. The monoisotopic (exact) mass is 330 g/mol. The lowest BCUT2D eigenvalue weighted by molar-refractivity contribution is 0.0594. The molecule has 1 aromatic carbocycles. The highest BCUT2D eigenvalue weighted by molar-refractivity contribution is 9.10. The van der Waals surface area contributed by atoms with Crippen LogP contribution in [0.5, 0.6) is 0 Å². The van der Waals surface area contributed by atoms with Crippen LogP contribution in [0.15, 0.2) is 21.5 Å². The average molecular weight is 332 g/mol. The third kappa shape index (κ3) is 2.72. The predicted octanol–water partition coefficient (Wildman–Crippen LogP) is 2.30. The minimum atomic E-state index is -4.26. The van der Waals surface area contributed by atoms with Gasteiger partial charge in [-0.15, -0.1) is 0 Å². The van der Waals surface area contributed by atoms with Crippen LogP contribution in [-0.4, -0.2) is 21.5 Å². The average Bonchev–Trinajstić information content (AvgIpc) is 2.18. The van der Waals surface area contributed by atoms with Crippen LogP contribution in [-0.2, 0) is 13.8 Å². The summed E-state index contributed by atoms with van der Waals surface area (Å²) in [6.07, 6.45) is 0. The van der Waals surface area contributed by atoms with Crippen LogP contribution in [0.1, 0.15) is 10.4 Å². The molecule has 0 heterocycles. The summed E-state index contributed by atoms with van der Waals surface area (Å²) in [6.45, 7) is 0. The van der Waals surface area contributed by atoms with E-state index < -0.39 is 31.3 Å². The van der Waals surface area contributed by atoms with Crippen LogP contribution in [0.4, 0.5) is 4.39 Å². The van der Waals surface area contributed by atoms with E-state index in [1.165, 1.54) is 0 Å². The van der Waals surface area contributed by atoms with Gasteiger partial charge in [0.15, 0.2) is 5.82 Å². The van der Waals surface area contributed by atoms with Crippen LogP contribution >= 0.6 is 26.6 Å². The van der Waals surface area contributed by atoms with Crippen LogP contribution in [0.2, 0.25) is 0 Å². The highest BCUT2D eigenvalue weighted by Gasteiger charge is 2.23. The normalized spacial score (nSPS) is 11.2. The lowest BCUT2D eigenvalue weighted by Crippen LogP contribution is -2.08. The molecular formula is C8H5BrClFO4S. The highest BCUT2D eigenvalue weighted by Crippen LogP contribution is 2.26. The molecule has 16 heavy (non-hydrogen) atoms. The van der Waals surface area contributed by atoms with Gasteiger partial charge in [-0.2, -0.15) is 0 Å². The van der Waals surface area contributed by atoms with Gasteiger partial charge in [0, 0.05) is 15.2 Å². The van der Waals surface area contributed by atoms with Gasteiger partial charge < -0.3 is 4.74 Å². The third-order valence-corrected chi connectivity index (χ3v) is 3.45. The van der Waals surface area contributed by atoms with Crippen molar-refractivity contribution < 1.29 is 22.3 Å². The Morgan fingerprint density at radius 2 is 2.06 bits per heavy atom. The topological polar surface area (TPSA) is 60.4 Å². The zero-order valence-corrected chi connectivity index (χ0v) is 11.0. The smallest absolute Gasteiger partial charge is 0.340 e. The number of carbonyl (C=O) groups excluding carboxylic acids is 1. The molecule has 0 unspecified atom stereocenters. The van der Waals surface area contributed by atoms with Gasteiger partial charge in [0.2, 0.25) is 0 Å². The van der Waals surface area contributed by atoms with E-state index in [-0.39, 0.29) is 4.47 Å². The molecule has 0 aliphatic heterocycles. The molecule has 0 bridgehead atoms. The predicted molar refractivity (Wildman–Crippen MR) is 58.5 cm³/mol. The number of benzene rings is 1. The lowest BCUT2D eigenvalue weighted by atomic mass is 10.2. The number of hydrogen-bond acceptors (Lipinski definition) is 4. The van der Waals surface area contributed by atoms with Crippen molar-refractivity contribution in [3.63, 3.8) is 0 Å². The molecule has 0 aliphatic carbocycles. The second kappa shape index (κ2) is 4.68. The molecule has 1 rings (SSSR count). The van der Waals surface area contributed by atoms with E-state index >= 15 is 0 Å². The molecular weight excluding hydrogens is 327 g/mol. The molecule has 0 atom stereocenters. The Hall–Kier alpha value is -0.660. The molecule has 0 aromatic heterocycles. The maximum atomic E-state index is 13.6. The molecule has 0 amide bonds. The number of ether oxygens (including phenoxy) is 1. The number of methoxy groups -OCH3 is 1. The summed E-state index contributed by atoms with van der Waals surface area (Å²) in [4.78, 5) is 10.4. The van der Waals surface area contributed by atoms with Gasteiger partial charge in [-0.05, 0) is 12.1 Å². The molecule has 8 heteroatoms. The maximum Gasteiger partial charge on any atom is 0.340 e. The van der Waals surface area contributed by atoms with Crippen LogP contribution < -0.4 is 0 Å². The number of esters is 1. The molecule has 0 fully saturated rings. The lowest BCUT2D eigenvalue weighted by Gasteiger charge is -2.05. The van der Waals surface area contributed by atoms with Gasteiger partial charge >= 0.3 is 5.97 Å². The first kappa shape index (κ1) is 13.4. The first-order valence-electron chi connectivity index (χ1n) is 3.79. The number of rotatable bonds is 2. The van der Waals surface area contributed by atoms with Crippen molar-refractivity contribution in [2.45, 2.75) is 4.90 Å². The molecule has 1 aromatic rings. The molecule has 4 nitrogen and oxygen atoms in total. The molecule has 0 N–H and O–H groups in total. The minimum Gasteiger partial charge on any atom is -0.465 e. The van der Waals surface area contributed by atoms with Crippen molar-refractivity contribution in [2.75, 3.05) is 7.11 Å². The van der Waals surface area contributed by atoms with Gasteiger partial charge in [-0.1, -0.05) is 15.9 Å². The summed E-state index contributed by atoms with van der Waals surface area (Å²) in [7, 11) is 1.81. The van der Waals surface area contributed by atoms with E-state index in [1.54, 1.807) is 0 Å². The van der Waals surface area contributed by atoms with Crippen molar-refractivity contribution >= 4 is 41.6 Å². The van der Waals surface area contributed by atoms with Gasteiger partial charge in [0.05, 0.1) is 12.7 Å². The van der Waals surface area contributed by atoms with Crippen molar-refractivity contribution in [3.8, 4) is 0 Å². The summed E-state index contributed by atoms with van der Waals surface area (Å²) in [5.74, 6) is -2.22. The first-order chi connectivity index (χ1) is 7.27. The Balaban J connectivity index is 3.56. The van der Waals surface area contributed by atoms with E-state index in [4.69, 9.17) is 10.7 Å². The highest BCUT2D eigenvalue weighted by atomic mass is 79.9. The van der Waals surface area contributed by atoms with E-state index in [2.05, 4.69) is 20.7 Å². The fraction of sp³-hybridized carbons (Fsp3) is 0.125. The molecule has 88 valence electrons. The van der Waals surface area contributed by atoms with E-state index in [1.807, 2.05) is 0 Å². The van der Waals surface area contributed by atoms with Crippen molar-refractivity contribution in [1.82, 2.24) is 0 Å². The Labute approximate surface area is 104 Å². The van der Waals surface area contributed by atoms with Crippen LogP contribution in [0.25, 0.3) is 0 Å². The van der Waals surface area contributed by atoms with Crippen molar-refractivity contribution in [3.05, 3.63) is 28.0 Å². The SMILES string of the molecule is COC(=O)c1cc(Br)cc(S(=O)(=O)Cl)c1F. The maximum absolute atomic E-state index is 13.6. The molecule has 0 spiro atoms. The number of hydrogen-bond donors (Lipinski definition) is 0. The Bertz CT molecular complexity index is 543. The zero-order chi connectivity index (χ0) is 12.5. The Kier molecular flexibility index (Phi) is 3.92. The van der Waals surface area contributed by atoms with E-state index in [9.17, 15) is 17.6 Å². The van der Waals surface area contributed by atoms with E-state index in [0.29, 0.717) is 0 Å². The Morgan fingerprint density at radius 3 is 2.50 bits per heavy atom. The molecule has 0 saturated heterocycles. The largest absolute Gasteiger partial charge is 0.465 e. The second-order valence-electron chi connectivity index (χ2n) is 2.69. The molecule has 0 radical (unpaired) electrons. The fourth-order valence-corrected chi connectivity index (χ4v) is 2.54. The van der Waals surface area contributed by atoms with E-state index in [0.717, 1.165) is 19.2 Å².